The highest BCUT2D eigenvalue weighted by Gasteiger charge is 2.02. The summed E-state index contributed by atoms with van der Waals surface area (Å²) in [5.74, 6) is 0.846. The van der Waals surface area contributed by atoms with Crippen LogP contribution >= 0.6 is 0 Å². The molecule has 1 aromatic heterocycles. The zero-order valence-corrected chi connectivity index (χ0v) is 9.08. The van der Waals surface area contributed by atoms with E-state index in [9.17, 15) is 4.79 Å². The number of hydrogen-bond acceptors (Lipinski definition) is 4. The van der Waals surface area contributed by atoms with Gasteiger partial charge >= 0.3 is 6.09 Å². The third-order valence-electron chi connectivity index (χ3n) is 1.82. The maximum atomic E-state index is 10.9. The Bertz CT molecular complexity index is 309. The summed E-state index contributed by atoms with van der Waals surface area (Å²) in [4.78, 5) is 10.9. The molecule has 5 nitrogen and oxygen atoms in total. The molecule has 1 amide bonds. The molecule has 0 saturated carbocycles. The Morgan fingerprint density at radius 1 is 1.67 bits per heavy atom. The lowest BCUT2D eigenvalue weighted by Gasteiger charge is -2.03. The third-order valence-corrected chi connectivity index (χ3v) is 1.82. The molecular formula is C10H16N2O3. The summed E-state index contributed by atoms with van der Waals surface area (Å²) in [6.45, 7) is 4.63. The summed E-state index contributed by atoms with van der Waals surface area (Å²) >= 11 is 0. The predicted octanol–water partition coefficient (Wildman–Crippen LogP) is 1.66. The molecule has 0 aliphatic carbocycles. The first-order valence-electron chi connectivity index (χ1n) is 5.05. The maximum Gasteiger partial charge on any atom is 0.407 e. The van der Waals surface area contributed by atoms with Crippen molar-refractivity contribution in [2.45, 2.75) is 26.7 Å². The number of aryl methyl sites for hydroxylation is 2. The summed E-state index contributed by atoms with van der Waals surface area (Å²) in [6.07, 6.45) is 1.21. The maximum absolute atomic E-state index is 10.9. The fourth-order valence-corrected chi connectivity index (χ4v) is 1.17. The van der Waals surface area contributed by atoms with E-state index in [1.165, 1.54) is 0 Å². The van der Waals surface area contributed by atoms with E-state index < -0.39 is 0 Å². The van der Waals surface area contributed by atoms with Crippen molar-refractivity contribution in [3.05, 3.63) is 17.5 Å². The lowest BCUT2D eigenvalue weighted by atomic mass is 10.2. The third kappa shape index (κ3) is 4.49. The number of ether oxygens (including phenoxy) is 1. The number of alkyl carbamates (subject to hydrolysis) is 1. The zero-order valence-electron chi connectivity index (χ0n) is 9.08. The quantitative estimate of drug-likeness (QED) is 0.754. The molecule has 0 fully saturated rings. The fraction of sp³-hybridized carbons (Fsp3) is 0.600. The molecule has 0 unspecified atom stereocenters. The van der Waals surface area contributed by atoms with E-state index in [-0.39, 0.29) is 6.09 Å². The van der Waals surface area contributed by atoms with Crippen molar-refractivity contribution in [2.75, 3.05) is 13.2 Å². The largest absolute Gasteiger partial charge is 0.450 e. The van der Waals surface area contributed by atoms with Crippen molar-refractivity contribution in [3.8, 4) is 0 Å². The first kappa shape index (κ1) is 11.6. The van der Waals surface area contributed by atoms with Crippen LogP contribution in [0.5, 0.6) is 0 Å². The van der Waals surface area contributed by atoms with E-state index in [0.717, 1.165) is 24.3 Å². The summed E-state index contributed by atoms with van der Waals surface area (Å²) in [5.41, 5.74) is 0.878. The van der Waals surface area contributed by atoms with Crippen LogP contribution in [0, 0.1) is 6.92 Å². The van der Waals surface area contributed by atoms with Crippen LogP contribution in [-0.2, 0) is 11.2 Å². The molecule has 0 aliphatic rings. The van der Waals surface area contributed by atoms with Crippen LogP contribution in [0.3, 0.4) is 0 Å². The molecule has 1 heterocycles. The summed E-state index contributed by atoms with van der Waals surface area (Å²) in [7, 11) is 0. The van der Waals surface area contributed by atoms with Gasteiger partial charge in [-0.3, -0.25) is 0 Å². The highest BCUT2D eigenvalue weighted by molar-refractivity contribution is 5.66. The number of amides is 1. The summed E-state index contributed by atoms with van der Waals surface area (Å²) in [5, 5.41) is 6.41. The highest BCUT2D eigenvalue weighted by Crippen LogP contribution is 2.04. The molecule has 84 valence electrons. The van der Waals surface area contributed by atoms with Crippen LogP contribution in [0.2, 0.25) is 0 Å². The van der Waals surface area contributed by atoms with Crippen LogP contribution in [0.1, 0.15) is 24.8 Å². The Morgan fingerprint density at radius 3 is 3.07 bits per heavy atom. The van der Waals surface area contributed by atoms with Crippen molar-refractivity contribution in [2.24, 2.45) is 0 Å². The van der Waals surface area contributed by atoms with E-state index in [2.05, 4.69) is 10.5 Å². The molecule has 1 aromatic rings. The number of carbonyl (C=O) groups excluding carboxylic acids is 1. The van der Waals surface area contributed by atoms with Crippen LogP contribution in [-0.4, -0.2) is 24.4 Å². The van der Waals surface area contributed by atoms with Gasteiger partial charge in [0, 0.05) is 19.0 Å². The molecule has 0 atom stereocenters. The average Bonchev–Trinajstić information content (AvgIpc) is 2.60. The van der Waals surface area contributed by atoms with Crippen molar-refractivity contribution >= 4 is 6.09 Å². The Balaban J connectivity index is 2.09. The molecule has 0 aromatic carbocycles. The zero-order chi connectivity index (χ0) is 11.1. The second kappa shape index (κ2) is 6.06. The minimum Gasteiger partial charge on any atom is -0.450 e. The Morgan fingerprint density at radius 2 is 2.47 bits per heavy atom. The second-order valence-corrected chi connectivity index (χ2v) is 3.19. The van der Waals surface area contributed by atoms with Crippen molar-refractivity contribution in [1.82, 2.24) is 10.5 Å². The van der Waals surface area contributed by atoms with E-state index in [1.807, 2.05) is 13.0 Å². The van der Waals surface area contributed by atoms with Gasteiger partial charge in [0.25, 0.3) is 0 Å². The minimum atomic E-state index is -0.369. The molecule has 0 radical (unpaired) electrons. The molecule has 0 saturated heterocycles. The topological polar surface area (TPSA) is 64.4 Å². The normalized spacial score (nSPS) is 10.0. The van der Waals surface area contributed by atoms with Gasteiger partial charge < -0.3 is 14.6 Å². The molecule has 15 heavy (non-hydrogen) atoms. The van der Waals surface area contributed by atoms with Gasteiger partial charge in [-0.2, -0.15) is 0 Å². The second-order valence-electron chi connectivity index (χ2n) is 3.19. The lowest BCUT2D eigenvalue weighted by Crippen LogP contribution is -2.25. The van der Waals surface area contributed by atoms with Gasteiger partial charge in [0.05, 0.1) is 12.3 Å². The van der Waals surface area contributed by atoms with E-state index in [4.69, 9.17) is 9.26 Å². The molecule has 0 bridgehead atoms. The van der Waals surface area contributed by atoms with Crippen molar-refractivity contribution in [1.29, 1.82) is 0 Å². The van der Waals surface area contributed by atoms with Crippen LogP contribution in [0.25, 0.3) is 0 Å². The van der Waals surface area contributed by atoms with Crippen LogP contribution < -0.4 is 5.32 Å². The Kier molecular flexibility index (Phi) is 4.66. The van der Waals surface area contributed by atoms with Crippen molar-refractivity contribution < 1.29 is 14.1 Å². The van der Waals surface area contributed by atoms with Gasteiger partial charge in [-0.1, -0.05) is 5.16 Å². The predicted molar refractivity (Wildman–Crippen MR) is 54.6 cm³/mol. The van der Waals surface area contributed by atoms with Gasteiger partial charge in [-0.25, -0.2) is 4.79 Å². The highest BCUT2D eigenvalue weighted by atomic mass is 16.5. The first-order valence-corrected chi connectivity index (χ1v) is 5.05. The molecular weight excluding hydrogens is 196 g/mol. The average molecular weight is 212 g/mol. The van der Waals surface area contributed by atoms with Gasteiger partial charge in [-0.15, -0.1) is 0 Å². The number of nitrogens with zero attached hydrogens (tertiary/aromatic N) is 1. The Labute approximate surface area is 88.8 Å². The molecule has 1 N–H and O–H groups in total. The van der Waals surface area contributed by atoms with Gasteiger partial charge in [0.15, 0.2) is 0 Å². The summed E-state index contributed by atoms with van der Waals surface area (Å²) < 4.78 is 9.74. The molecule has 0 spiro atoms. The number of nitrogens with one attached hydrogen (secondary N) is 1. The van der Waals surface area contributed by atoms with E-state index in [1.54, 1.807) is 6.92 Å². The Hall–Kier alpha value is -1.52. The number of aromatic nitrogens is 1. The van der Waals surface area contributed by atoms with E-state index >= 15 is 0 Å². The smallest absolute Gasteiger partial charge is 0.407 e. The monoisotopic (exact) mass is 212 g/mol. The fourth-order valence-electron chi connectivity index (χ4n) is 1.17. The molecule has 0 aliphatic heterocycles. The standard InChI is InChI=1S/C10H16N2O3/c1-3-14-10(13)11-6-4-5-9-7-8(2)12-15-9/h7H,3-6H2,1-2H3,(H,11,13). The van der Waals surface area contributed by atoms with E-state index in [0.29, 0.717) is 13.2 Å². The molecule has 1 rings (SSSR count). The van der Waals surface area contributed by atoms with Gasteiger partial charge in [0.2, 0.25) is 0 Å². The lowest BCUT2D eigenvalue weighted by molar-refractivity contribution is 0.152. The number of carbonyl (C=O) groups is 1. The molecule has 5 heteroatoms. The first-order chi connectivity index (χ1) is 7.22. The van der Waals surface area contributed by atoms with Crippen LogP contribution in [0.15, 0.2) is 10.6 Å². The van der Waals surface area contributed by atoms with Crippen molar-refractivity contribution in [3.63, 3.8) is 0 Å². The van der Waals surface area contributed by atoms with Gasteiger partial charge in [0.1, 0.15) is 5.76 Å². The SMILES string of the molecule is CCOC(=O)NCCCc1cc(C)no1. The number of hydrogen-bond donors (Lipinski definition) is 1. The van der Waals surface area contributed by atoms with Gasteiger partial charge in [-0.05, 0) is 20.3 Å². The number of rotatable bonds is 5. The minimum absolute atomic E-state index is 0.369. The van der Waals surface area contributed by atoms with Crippen LogP contribution in [0.4, 0.5) is 4.79 Å². The summed E-state index contributed by atoms with van der Waals surface area (Å²) in [6, 6.07) is 1.89.